The van der Waals surface area contributed by atoms with Crippen LogP contribution in [-0.4, -0.2) is 83.7 Å². The first kappa shape index (κ1) is 27.9. The van der Waals surface area contributed by atoms with Crippen molar-refractivity contribution in [2.24, 2.45) is 0 Å². The molecule has 3 heterocycles. The van der Waals surface area contributed by atoms with Gasteiger partial charge in [0.2, 0.25) is 5.91 Å². The number of nitrogens with zero attached hydrogens (tertiary/aromatic N) is 6. The molecule has 40 heavy (non-hydrogen) atoms. The standard InChI is InChI=1S/C31H40N6O3/c1-5-29(38)37-17-16-36(19-23(37)13-14-32)30-26-12-11-25(40-28-10-6-8-21(2)22(28)3)18-27(26)33-31(34-30)39-20-24-9-7-15-35(24)4/h5-6,8,10,23-25H,1,7,9,11-13,15-20H2,2-4H3/t23?,24?,25-/m1/s1. The van der Waals surface area contributed by atoms with Crippen LogP contribution in [0.1, 0.15) is 48.1 Å². The molecule has 3 aliphatic rings. The summed E-state index contributed by atoms with van der Waals surface area (Å²) in [6, 6.07) is 8.95. The molecule has 0 N–H and O–H groups in total. The second-order valence-corrected chi connectivity index (χ2v) is 11.2. The number of hydrogen-bond donors (Lipinski definition) is 0. The summed E-state index contributed by atoms with van der Waals surface area (Å²) in [4.78, 5) is 28.6. The van der Waals surface area contributed by atoms with Gasteiger partial charge in [0.25, 0.3) is 0 Å². The first-order valence-corrected chi connectivity index (χ1v) is 14.4. The van der Waals surface area contributed by atoms with Crippen molar-refractivity contribution < 1.29 is 14.3 Å². The molecule has 0 bridgehead atoms. The SMILES string of the molecule is C=CC(=O)N1CCN(c2nc(OCC3CCCN3C)nc3c2CC[C@@H](Oc2cccc(C)c2C)C3)CC1CC#N. The minimum absolute atomic E-state index is 0.0120. The summed E-state index contributed by atoms with van der Waals surface area (Å²) in [7, 11) is 2.13. The fourth-order valence-corrected chi connectivity index (χ4v) is 6.10. The Hall–Kier alpha value is -3.64. The first-order valence-electron chi connectivity index (χ1n) is 14.4. The predicted octanol–water partition coefficient (Wildman–Crippen LogP) is 3.62. The lowest BCUT2D eigenvalue weighted by molar-refractivity contribution is -0.128. The Labute approximate surface area is 237 Å². The maximum atomic E-state index is 12.5. The third kappa shape index (κ3) is 5.92. The van der Waals surface area contributed by atoms with Gasteiger partial charge in [-0.2, -0.15) is 15.2 Å². The van der Waals surface area contributed by atoms with E-state index < -0.39 is 0 Å². The zero-order chi connectivity index (χ0) is 28.2. The molecule has 1 amide bonds. The Morgan fingerprint density at radius 1 is 1.20 bits per heavy atom. The van der Waals surface area contributed by atoms with E-state index in [9.17, 15) is 10.1 Å². The van der Waals surface area contributed by atoms with Crippen molar-refractivity contribution in [1.82, 2.24) is 19.8 Å². The van der Waals surface area contributed by atoms with Crippen LogP contribution < -0.4 is 14.4 Å². The molecular weight excluding hydrogens is 504 g/mol. The Bertz CT molecular complexity index is 1290. The number of anilines is 1. The second-order valence-electron chi connectivity index (χ2n) is 11.2. The molecule has 2 aliphatic heterocycles. The molecule has 3 atom stereocenters. The highest BCUT2D eigenvalue weighted by Gasteiger charge is 2.34. The van der Waals surface area contributed by atoms with Gasteiger partial charge in [0.05, 0.1) is 24.2 Å². The van der Waals surface area contributed by atoms with E-state index in [1.807, 2.05) is 12.1 Å². The zero-order valence-electron chi connectivity index (χ0n) is 23.9. The van der Waals surface area contributed by atoms with Crippen LogP contribution in [0.15, 0.2) is 30.9 Å². The lowest BCUT2D eigenvalue weighted by atomic mass is 9.93. The molecule has 9 nitrogen and oxygen atoms in total. The Balaban J connectivity index is 1.42. The average Bonchev–Trinajstić information content (AvgIpc) is 3.38. The van der Waals surface area contributed by atoms with Crippen LogP contribution in [-0.2, 0) is 17.6 Å². The van der Waals surface area contributed by atoms with Crippen molar-refractivity contribution in [2.75, 3.05) is 44.7 Å². The summed E-state index contributed by atoms with van der Waals surface area (Å²) < 4.78 is 12.7. The van der Waals surface area contributed by atoms with Gasteiger partial charge in [-0.1, -0.05) is 18.7 Å². The number of piperazine rings is 1. The number of likely N-dealkylation sites (N-methyl/N-ethyl adjacent to an activating group) is 1. The van der Waals surface area contributed by atoms with Gasteiger partial charge in [0.1, 0.15) is 24.3 Å². The average molecular weight is 545 g/mol. The highest BCUT2D eigenvalue weighted by Crippen LogP contribution is 2.34. The van der Waals surface area contributed by atoms with E-state index in [-0.39, 0.29) is 24.5 Å². The van der Waals surface area contributed by atoms with Crippen LogP contribution in [0.3, 0.4) is 0 Å². The summed E-state index contributed by atoms with van der Waals surface area (Å²) in [6.45, 7) is 11.1. The highest BCUT2D eigenvalue weighted by molar-refractivity contribution is 5.87. The van der Waals surface area contributed by atoms with Gasteiger partial charge in [0, 0.05) is 37.7 Å². The Morgan fingerprint density at radius 2 is 2.05 bits per heavy atom. The zero-order valence-corrected chi connectivity index (χ0v) is 23.9. The van der Waals surface area contributed by atoms with Crippen molar-refractivity contribution in [2.45, 2.75) is 70.6 Å². The number of aryl methyl sites for hydroxylation is 1. The number of carbonyl (C=O) groups excluding carboxylic acids is 1. The first-order chi connectivity index (χ1) is 19.4. The van der Waals surface area contributed by atoms with E-state index in [2.05, 4.69) is 49.4 Å². The smallest absolute Gasteiger partial charge is 0.318 e. The second kappa shape index (κ2) is 12.3. The summed E-state index contributed by atoms with van der Waals surface area (Å²) >= 11 is 0. The normalized spacial score (nSPS) is 22.9. The molecule has 0 spiro atoms. The molecule has 2 aromatic rings. The number of hydrogen-bond acceptors (Lipinski definition) is 8. The fraction of sp³-hybridized carbons (Fsp3) is 0.548. The minimum atomic E-state index is -0.227. The van der Waals surface area contributed by atoms with E-state index in [1.165, 1.54) is 18.1 Å². The van der Waals surface area contributed by atoms with E-state index in [0.717, 1.165) is 54.2 Å². The van der Waals surface area contributed by atoms with Gasteiger partial charge in [0.15, 0.2) is 0 Å². The largest absolute Gasteiger partial charge is 0.490 e. The molecule has 212 valence electrons. The summed E-state index contributed by atoms with van der Waals surface area (Å²) in [6.07, 6.45) is 6.20. The fourth-order valence-electron chi connectivity index (χ4n) is 6.10. The lowest BCUT2D eigenvalue weighted by Crippen LogP contribution is -2.55. The third-order valence-electron chi connectivity index (χ3n) is 8.68. The van der Waals surface area contributed by atoms with Crippen LogP contribution >= 0.6 is 0 Å². The number of fused-ring (bicyclic) bond motifs is 1. The molecule has 1 aliphatic carbocycles. The van der Waals surface area contributed by atoms with Crippen molar-refractivity contribution in [3.05, 3.63) is 53.2 Å². The number of likely N-dealkylation sites (tertiary alicyclic amines) is 1. The van der Waals surface area contributed by atoms with Crippen molar-refractivity contribution in [3.63, 3.8) is 0 Å². The molecule has 5 rings (SSSR count). The van der Waals surface area contributed by atoms with E-state index in [0.29, 0.717) is 44.7 Å². The van der Waals surface area contributed by atoms with Crippen molar-refractivity contribution >= 4 is 11.7 Å². The number of carbonyl (C=O) groups is 1. The minimum Gasteiger partial charge on any atom is -0.490 e. The summed E-state index contributed by atoms with van der Waals surface area (Å²) in [5.74, 6) is 1.64. The van der Waals surface area contributed by atoms with E-state index in [4.69, 9.17) is 19.4 Å². The molecule has 9 heteroatoms. The number of amides is 1. The van der Waals surface area contributed by atoms with Crippen molar-refractivity contribution in [3.8, 4) is 17.8 Å². The molecule has 2 unspecified atom stereocenters. The van der Waals surface area contributed by atoms with E-state index >= 15 is 0 Å². The number of nitriles is 1. The maximum Gasteiger partial charge on any atom is 0.318 e. The van der Waals surface area contributed by atoms with Gasteiger partial charge in [-0.25, -0.2) is 0 Å². The Morgan fingerprint density at radius 3 is 2.80 bits per heavy atom. The molecular formula is C31H40N6O3. The van der Waals surface area contributed by atoms with Crippen LogP contribution in [0.4, 0.5) is 5.82 Å². The number of aromatic nitrogens is 2. The van der Waals surface area contributed by atoms with Crippen LogP contribution in [0, 0.1) is 25.2 Å². The molecule has 2 fully saturated rings. The molecule has 0 saturated carbocycles. The summed E-state index contributed by atoms with van der Waals surface area (Å²) in [5.41, 5.74) is 4.46. The predicted molar refractivity (Wildman–Crippen MR) is 154 cm³/mol. The number of benzene rings is 1. The monoisotopic (exact) mass is 544 g/mol. The van der Waals surface area contributed by atoms with Gasteiger partial charge in [-0.05, 0) is 76.4 Å². The quantitative estimate of drug-likeness (QED) is 0.465. The van der Waals surface area contributed by atoms with Gasteiger partial charge >= 0.3 is 6.01 Å². The number of ether oxygens (including phenoxy) is 2. The molecule has 2 saturated heterocycles. The van der Waals surface area contributed by atoms with Gasteiger partial charge in [-0.3, -0.25) is 4.79 Å². The number of rotatable bonds is 8. The van der Waals surface area contributed by atoms with Gasteiger partial charge < -0.3 is 24.2 Å². The molecule has 0 radical (unpaired) electrons. The lowest BCUT2D eigenvalue weighted by Gasteiger charge is -2.42. The van der Waals surface area contributed by atoms with Crippen LogP contribution in [0.25, 0.3) is 0 Å². The van der Waals surface area contributed by atoms with Gasteiger partial charge in [-0.15, -0.1) is 0 Å². The highest BCUT2D eigenvalue weighted by atomic mass is 16.5. The maximum absolute atomic E-state index is 12.5. The van der Waals surface area contributed by atoms with Crippen LogP contribution in [0.5, 0.6) is 11.8 Å². The molecule has 1 aromatic carbocycles. The Kier molecular flexibility index (Phi) is 8.55. The third-order valence-corrected chi connectivity index (χ3v) is 8.68. The van der Waals surface area contributed by atoms with Crippen molar-refractivity contribution in [1.29, 1.82) is 5.26 Å². The van der Waals surface area contributed by atoms with Crippen LogP contribution in [0.2, 0.25) is 0 Å². The topological polar surface area (TPSA) is 94.8 Å². The van der Waals surface area contributed by atoms with E-state index in [1.54, 1.807) is 4.90 Å². The summed E-state index contributed by atoms with van der Waals surface area (Å²) in [5, 5.41) is 9.47. The molecule has 1 aromatic heterocycles.